The third kappa shape index (κ3) is 4.59. The predicted octanol–water partition coefficient (Wildman–Crippen LogP) is 4.15. The third-order valence-corrected chi connectivity index (χ3v) is 6.06. The van der Waals surface area contributed by atoms with Crippen LogP contribution in [0, 0.1) is 38.0 Å². The Morgan fingerprint density at radius 1 is 1.03 bits per heavy atom. The van der Waals surface area contributed by atoms with E-state index >= 15 is 0 Å². The second kappa shape index (κ2) is 9.19. The summed E-state index contributed by atoms with van der Waals surface area (Å²) in [5.41, 5.74) is -0.394. The van der Waals surface area contributed by atoms with Gasteiger partial charge in [-0.15, -0.1) is 0 Å². The minimum atomic E-state index is -0.726. The van der Waals surface area contributed by atoms with Gasteiger partial charge < -0.3 is 9.47 Å². The number of fused-ring (bicyclic) bond motifs is 2. The van der Waals surface area contributed by atoms with Crippen LogP contribution in [-0.4, -0.2) is 22.1 Å². The number of aldehydes is 1. The van der Waals surface area contributed by atoms with Crippen LogP contribution in [0.4, 0.5) is 11.4 Å². The summed E-state index contributed by atoms with van der Waals surface area (Å²) in [5.74, 6) is 0.386. The summed E-state index contributed by atoms with van der Waals surface area (Å²) in [6, 6.07) is 8.08. The minimum Gasteiger partial charge on any atom is -0.488 e. The van der Waals surface area contributed by atoms with E-state index in [9.17, 15) is 29.8 Å². The minimum absolute atomic E-state index is 0.00676. The lowest BCUT2D eigenvalue weighted by Crippen LogP contribution is -2.21. The van der Waals surface area contributed by atoms with E-state index in [0.29, 0.717) is 17.8 Å². The Balaban J connectivity index is 1.44. The molecular weight excluding hydrogens is 432 g/mol. The zero-order valence-corrected chi connectivity index (χ0v) is 17.4. The van der Waals surface area contributed by atoms with Gasteiger partial charge in [-0.05, 0) is 48.4 Å². The maximum absolute atomic E-state index is 12.4. The van der Waals surface area contributed by atoms with E-state index in [2.05, 4.69) is 12.2 Å². The Hall–Kier alpha value is -4.08. The molecule has 0 spiro atoms. The Morgan fingerprint density at radius 2 is 1.76 bits per heavy atom. The number of nitrogens with zero attached hydrogens (tertiary/aromatic N) is 2. The van der Waals surface area contributed by atoms with Gasteiger partial charge in [-0.25, -0.2) is 0 Å². The topological polar surface area (TPSA) is 139 Å². The van der Waals surface area contributed by atoms with Gasteiger partial charge in [0.25, 0.3) is 11.4 Å². The van der Waals surface area contributed by atoms with Gasteiger partial charge in [0.15, 0.2) is 6.29 Å². The highest BCUT2D eigenvalue weighted by Crippen LogP contribution is 2.44. The van der Waals surface area contributed by atoms with E-state index < -0.39 is 27.8 Å². The van der Waals surface area contributed by atoms with Crippen LogP contribution in [-0.2, 0) is 22.7 Å². The van der Waals surface area contributed by atoms with Crippen LogP contribution < -0.4 is 4.74 Å². The van der Waals surface area contributed by atoms with E-state index in [-0.39, 0.29) is 41.3 Å². The Kier molecular flexibility index (Phi) is 6.16. The Bertz CT molecular complexity index is 1130. The highest BCUT2D eigenvalue weighted by atomic mass is 16.6. The predicted molar refractivity (Wildman–Crippen MR) is 115 cm³/mol. The number of nitro benzene ring substituents is 2. The van der Waals surface area contributed by atoms with Crippen molar-refractivity contribution < 1.29 is 28.9 Å². The monoisotopic (exact) mass is 452 g/mol. The fourth-order valence-electron chi connectivity index (χ4n) is 4.43. The van der Waals surface area contributed by atoms with Crippen LogP contribution in [0.25, 0.3) is 0 Å². The Labute approximate surface area is 188 Å². The normalized spacial score (nSPS) is 20.4. The number of esters is 1. The van der Waals surface area contributed by atoms with Gasteiger partial charge in [-0.3, -0.25) is 29.8 Å². The van der Waals surface area contributed by atoms with Gasteiger partial charge in [-0.2, -0.15) is 0 Å². The Morgan fingerprint density at radius 3 is 2.33 bits per heavy atom. The summed E-state index contributed by atoms with van der Waals surface area (Å²) in [4.78, 5) is 45.0. The van der Waals surface area contributed by atoms with E-state index in [1.165, 1.54) is 18.2 Å². The number of rotatable bonds is 9. The van der Waals surface area contributed by atoms with Crippen LogP contribution >= 0.6 is 0 Å². The molecule has 1 fully saturated rings. The van der Waals surface area contributed by atoms with E-state index in [4.69, 9.17) is 9.47 Å². The molecule has 2 bridgehead atoms. The molecule has 1 saturated carbocycles. The molecule has 0 heterocycles. The molecule has 2 aliphatic rings. The van der Waals surface area contributed by atoms with Crippen molar-refractivity contribution in [3.63, 3.8) is 0 Å². The fraction of sp³-hybridized carbons (Fsp3) is 0.304. The average Bonchev–Trinajstić information content (AvgIpc) is 3.45. The highest BCUT2D eigenvalue weighted by Gasteiger charge is 2.40. The quantitative estimate of drug-likeness (QED) is 0.182. The van der Waals surface area contributed by atoms with Crippen molar-refractivity contribution in [2.24, 2.45) is 17.8 Å². The first-order chi connectivity index (χ1) is 15.9. The molecule has 10 nitrogen and oxygen atoms in total. The fourth-order valence-corrected chi connectivity index (χ4v) is 4.43. The van der Waals surface area contributed by atoms with Gasteiger partial charge in [0.2, 0.25) is 0 Å². The smallest absolute Gasteiger partial charge is 0.309 e. The van der Waals surface area contributed by atoms with Crippen molar-refractivity contribution in [2.75, 3.05) is 0 Å². The molecular formula is C23H20N2O8. The van der Waals surface area contributed by atoms with Gasteiger partial charge in [0, 0.05) is 12.1 Å². The molecule has 0 amide bonds. The van der Waals surface area contributed by atoms with Crippen LogP contribution in [0.15, 0.2) is 48.6 Å². The van der Waals surface area contributed by atoms with Crippen molar-refractivity contribution >= 4 is 23.6 Å². The number of ether oxygens (including phenoxy) is 2. The molecule has 0 aliphatic heterocycles. The molecule has 3 unspecified atom stereocenters. The largest absolute Gasteiger partial charge is 0.488 e. The standard InChI is InChI=1S/C23H20N2O8/c26-11-17-9-15(12-33-23(27)18-10-14-4-6-16(18)8-14)5-7-22(17)32-13-19-20(24(28)29)2-1-3-21(19)25(30)31/h1-7,9,11,14,16,18H,8,10,12-13H2. The molecule has 33 heavy (non-hydrogen) atoms. The SMILES string of the molecule is O=Cc1cc(COC(=O)C2CC3C=CC2C3)ccc1OCc1c([N+](=O)[O-])cccc1[N+](=O)[O-]. The number of hydrogen-bond acceptors (Lipinski definition) is 8. The van der Waals surface area contributed by atoms with Crippen LogP contribution in [0.2, 0.25) is 0 Å². The maximum atomic E-state index is 12.4. The van der Waals surface area contributed by atoms with Gasteiger partial charge >= 0.3 is 5.97 Å². The number of nitro groups is 2. The number of carbonyl (C=O) groups is 2. The number of carbonyl (C=O) groups excluding carboxylic acids is 2. The first-order valence-corrected chi connectivity index (χ1v) is 10.3. The molecule has 4 rings (SSSR count). The summed E-state index contributed by atoms with van der Waals surface area (Å²) < 4.78 is 11.0. The molecule has 10 heteroatoms. The highest BCUT2D eigenvalue weighted by molar-refractivity contribution is 5.80. The first-order valence-electron chi connectivity index (χ1n) is 10.3. The lowest BCUT2D eigenvalue weighted by atomic mass is 9.94. The van der Waals surface area contributed by atoms with E-state index in [1.807, 2.05) is 0 Å². The first kappa shape index (κ1) is 22.1. The molecule has 170 valence electrons. The second-order valence-electron chi connectivity index (χ2n) is 8.06. The maximum Gasteiger partial charge on any atom is 0.309 e. The molecule has 0 aromatic heterocycles. The summed E-state index contributed by atoms with van der Waals surface area (Å²) in [6.07, 6.45) is 6.53. The number of allylic oxidation sites excluding steroid dienone is 2. The molecule has 2 aromatic carbocycles. The van der Waals surface area contributed by atoms with Gasteiger partial charge in [-0.1, -0.05) is 18.2 Å². The zero-order valence-electron chi connectivity index (χ0n) is 17.4. The molecule has 2 aromatic rings. The van der Waals surface area contributed by atoms with Crippen molar-refractivity contribution in [2.45, 2.75) is 26.1 Å². The zero-order chi connectivity index (χ0) is 23.5. The van der Waals surface area contributed by atoms with Crippen LogP contribution in [0.1, 0.15) is 34.3 Å². The van der Waals surface area contributed by atoms with Gasteiger partial charge in [0.05, 0.1) is 21.3 Å². The van der Waals surface area contributed by atoms with Crippen LogP contribution in [0.3, 0.4) is 0 Å². The molecule has 0 saturated heterocycles. The van der Waals surface area contributed by atoms with Crippen molar-refractivity contribution in [3.05, 3.63) is 85.5 Å². The van der Waals surface area contributed by atoms with Crippen molar-refractivity contribution in [1.82, 2.24) is 0 Å². The molecule has 0 radical (unpaired) electrons. The lowest BCUT2D eigenvalue weighted by Gasteiger charge is -2.17. The van der Waals surface area contributed by atoms with Gasteiger partial charge in [0.1, 0.15) is 24.5 Å². The van der Waals surface area contributed by atoms with Crippen molar-refractivity contribution in [3.8, 4) is 5.75 Å². The van der Waals surface area contributed by atoms with E-state index in [1.54, 1.807) is 6.07 Å². The average molecular weight is 452 g/mol. The molecule has 2 aliphatic carbocycles. The summed E-state index contributed by atoms with van der Waals surface area (Å²) in [7, 11) is 0. The molecule has 3 atom stereocenters. The molecule has 0 N–H and O–H groups in total. The third-order valence-electron chi connectivity index (χ3n) is 6.06. The number of hydrogen-bond donors (Lipinski definition) is 0. The summed E-state index contributed by atoms with van der Waals surface area (Å²) in [5, 5.41) is 22.5. The summed E-state index contributed by atoms with van der Waals surface area (Å²) in [6.45, 7) is -0.479. The second-order valence-corrected chi connectivity index (χ2v) is 8.06. The van der Waals surface area contributed by atoms with E-state index in [0.717, 1.165) is 25.0 Å². The van der Waals surface area contributed by atoms with Crippen LogP contribution in [0.5, 0.6) is 5.75 Å². The summed E-state index contributed by atoms with van der Waals surface area (Å²) >= 11 is 0. The lowest BCUT2D eigenvalue weighted by molar-refractivity contribution is -0.396. The van der Waals surface area contributed by atoms with Crippen molar-refractivity contribution in [1.29, 1.82) is 0 Å². The number of benzene rings is 2.